The zero-order valence-electron chi connectivity index (χ0n) is 15.7. The summed E-state index contributed by atoms with van der Waals surface area (Å²) in [6.07, 6.45) is 9.73. The van der Waals surface area contributed by atoms with Crippen LogP contribution in [0.25, 0.3) is 0 Å². The number of hydrogen-bond acceptors (Lipinski definition) is 6. The third-order valence-corrected chi connectivity index (χ3v) is 8.07. The second-order valence-corrected chi connectivity index (χ2v) is 10.4. The molecule has 0 radical (unpaired) electrons. The molecule has 0 saturated heterocycles. The summed E-state index contributed by atoms with van der Waals surface area (Å²) in [5.74, 6) is 3.62. The van der Waals surface area contributed by atoms with E-state index in [2.05, 4.69) is 21.6 Å². The standard InChI is InChI=1S/C20H26N4O2S/c1-19(11-21,15-2-3-15)22-16(25)10-27-18-24-23-17(26-18)20-7-12-4-13(8-20)6-14(5-12)9-20/h12-15H,2-10H2,1H3,(H,22,25)/t12?,13?,14?,19-,20?/m1/s1. The lowest BCUT2D eigenvalue weighted by Gasteiger charge is -2.55. The average molecular weight is 387 g/mol. The monoisotopic (exact) mass is 386 g/mol. The molecule has 1 aromatic heterocycles. The highest BCUT2D eigenvalue weighted by Gasteiger charge is 2.54. The molecule has 5 aliphatic rings. The molecule has 1 atom stereocenters. The zero-order valence-corrected chi connectivity index (χ0v) is 16.6. The Balaban J connectivity index is 1.22. The van der Waals surface area contributed by atoms with Crippen LogP contribution in [0.3, 0.4) is 0 Å². The van der Waals surface area contributed by atoms with Gasteiger partial charge in [-0.15, -0.1) is 10.2 Å². The Morgan fingerprint density at radius 3 is 2.44 bits per heavy atom. The molecule has 144 valence electrons. The lowest BCUT2D eigenvalue weighted by Crippen LogP contribution is -2.48. The average Bonchev–Trinajstić information content (AvgIpc) is 3.37. The molecule has 7 heteroatoms. The van der Waals surface area contributed by atoms with Gasteiger partial charge < -0.3 is 9.73 Å². The summed E-state index contributed by atoms with van der Waals surface area (Å²) in [6, 6.07) is 2.26. The van der Waals surface area contributed by atoms with Gasteiger partial charge in [0.2, 0.25) is 11.8 Å². The van der Waals surface area contributed by atoms with Gasteiger partial charge in [0.25, 0.3) is 5.22 Å². The van der Waals surface area contributed by atoms with Crippen molar-refractivity contribution in [3.05, 3.63) is 5.89 Å². The number of carbonyl (C=O) groups is 1. The third kappa shape index (κ3) is 3.16. The molecule has 6 rings (SSSR count). The third-order valence-electron chi connectivity index (χ3n) is 7.25. The highest BCUT2D eigenvalue weighted by molar-refractivity contribution is 7.99. The normalized spacial score (nSPS) is 36.2. The van der Waals surface area contributed by atoms with Crippen molar-refractivity contribution < 1.29 is 9.21 Å². The Morgan fingerprint density at radius 1 is 1.26 bits per heavy atom. The van der Waals surface area contributed by atoms with Crippen molar-refractivity contribution in [1.29, 1.82) is 5.26 Å². The lowest BCUT2D eigenvalue weighted by atomic mass is 9.49. The van der Waals surface area contributed by atoms with E-state index in [1.54, 1.807) is 0 Å². The van der Waals surface area contributed by atoms with Gasteiger partial charge in [-0.05, 0) is 82.0 Å². The van der Waals surface area contributed by atoms with Gasteiger partial charge in [0.15, 0.2) is 0 Å². The molecule has 5 fully saturated rings. The maximum absolute atomic E-state index is 12.3. The van der Waals surface area contributed by atoms with Crippen LogP contribution in [0.15, 0.2) is 9.64 Å². The number of nitrogens with one attached hydrogen (secondary N) is 1. The van der Waals surface area contributed by atoms with Crippen molar-refractivity contribution in [2.75, 3.05) is 5.75 Å². The van der Waals surface area contributed by atoms with Gasteiger partial charge in [0.1, 0.15) is 5.54 Å². The first kappa shape index (κ1) is 17.5. The summed E-state index contributed by atoms with van der Waals surface area (Å²) < 4.78 is 6.03. The van der Waals surface area contributed by atoms with Crippen LogP contribution in [0.4, 0.5) is 0 Å². The Kier molecular flexibility index (Phi) is 4.05. The summed E-state index contributed by atoms with van der Waals surface area (Å²) in [6.45, 7) is 1.81. The Morgan fingerprint density at radius 2 is 1.89 bits per heavy atom. The van der Waals surface area contributed by atoms with Gasteiger partial charge >= 0.3 is 0 Å². The minimum Gasteiger partial charge on any atom is -0.415 e. The van der Waals surface area contributed by atoms with E-state index in [4.69, 9.17) is 4.42 Å². The van der Waals surface area contributed by atoms with Crippen molar-refractivity contribution in [1.82, 2.24) is 15.5 Å². The van der Waals surface area contributed by atoms with E-state index < -0.39 is 5.54 Å². The number of aromatic nitrogens is 2. The summed E-state index contributed by atoms with van der Waals surface area (Å²) in [5.41, 5.74) is -0.662. The van der Waals surface area contributed by atoms with Gasteiger partial charge in [-0.3, -0.25) is 4.79 Å². The number of amides is 1. The van der Waals surface area contributed by atoms with Crippen LogP contribution >= 0.6 is 11.8 Å². The van der Waals surface area contributed by atoms with Gasteiger partial charge in [0.05, 0.1) is 11.8 Å². The topological polar surface area (TPSA) is 91.8 Å². The number of thioether (sulfide) groups is 1. The molecule has 4 bridgehead atoms. The smallest absolute Gasteiger partial charge is 0.277 e. The molecule has 1 amide bonds. The van der Waals surface area contributed by atoms with Crippen molar-refractivity contribution in [3.63, 3.8) is 0 Å². The molecule has 0 spiro atoms. The largest absolute Gasteiger partial charge is 0.415 e. The van der Waals surface area contributed by atoms with Gasteiger partial charge in [-0.2, -0.15) is 5.26 Å². The Bertz CT molecular complexity index is 761. The number of carbonyl (C=O) groups excluding carboxylic acids is 1. The van der Waals surface area contributed by atoms with Gasteiger partial charge in [-0.25, -0.2) is 0 Å². The fourth-order valence-electron chi connectivity index (χ4n) is 6.19. The second-order valence-electron chi connectivity index (χ2n) is 9.50. The first-order valence-corrected chi connectivity index (χ1v) is 11.2. The van der Waals surface area contributed by atoms with Crippen molar-refractivity contribution in [2.45, 2.75) is 74.5 Å². The van der Waals surface area contributed by atoms with Crippen LogP contribution in [-0.4, -0.2) is 27.4 Å². The van der Waals surface area contributed by atoms with Crippen LogP contribution in [0.1, 0.15) is 64.2 Å². The summed E-state index contributed by atoms with van der Waals surface area (Å²) >= 11 is 1.27. The van der Waals surface area contributed by atoms with E-state index in [0.29, 0.717) is 5.22 Å². The maximum Gasteiger partial charge on any atom is 0.277 e. The maximum atomic E-state index is 12.3. The minimum absolute atomic E-state index is 0.0914. The molecule has 1 heterocycles. The molecular formula is C20H26N4O2S. The van der Waals surface area contributed by atoms with Crippen molar-refractivity contribution in [3.8, 4) is 6.07 Å². The lowest BCUT2D eigenvalue weighted by molar-refractivity contribution is -0.119. The van der Waals surface area contributed by atoms with Crippen molar-refractivity contribution >= 4 is 17.7 Å². The predicted molar refractivity (Wildman–Crippen MR) is 99.8 cm³/mol. The number of nitrogens with zero attached hydrogens (tertiary/aromatic N) is 3. The number of rotatable bonds is 6. The molecular weight excluding hydrogens is 360 g/mol. The fraction of sp³-hybridized carbons (Fsp3) is 0.800. The minimum atomic E-state index is -0.753. The molecule has 1 aromatic rings. The molecule has 0 unspecified atom stereocenters. The zero-order chi connectivity index (χ0) is 18.6. The molecule has 6 nitrogen and oxygen atoms in total. The van der Waals surface area contributed by atoms with Crippen LogP contribution in [0.5, 0.6) is 0 Å². The van der Waals surface area contributed by atoms with Crippen LogP contribution in [-0.2, 0) is 10.2 Å². The second kappa shape index (κ2) is 6.23. The van der Waals surface area contributed by atoms with Gasteiger partial charge in [-0.1, -0.05) is 11.8 Å². The van der Waals surface area contributed by atoms with E-state index in [1.807, 2.05) is 6.92 Å². The fourth-order valence-corrected chi connectivity index (χ4v) is 6.75. The quantitative estimate of drug-likeness (QED) is 0.753. The van der Waals surface area contributed by atoms with Crippen LogP contribution < -0.4 is 5.32 Å². The van der Waals surface area contributed by atoms with Crippen LogP contribution in [0, 0.1) is 35.0 Å². The Hall–Kier alpha value is -1.55. The highest BCUT2D eigenvalue weighted by Crippen LogP contribution is 2.60. The van der Waals surface area contributed by atoms with E-state index >= 15 is 0 Å². The number of nitriles is 1. The van der Waals surface area contributed by atoms with E-state index in [-0.39, 0.29) is 23.0 Å². The molecule has 5 aliphatic carbocycles. The summed E-state index contributed by atoms with van der Waals surface area (Å²) in [5, 5.41) is 21.3. The SMILES string of the molecule is C[C@](C#N)(NC(=O)CSc1nnc(C23CC4CC(CC(C4)C2)C3)o1)C1CC1. The van der Waals surface area contributed by atoms with Crippen LogP contribution in [0.2, 0.25) is 0 Å². The molecule has 27 heavy (non-hydrogen) atoms. The molecule has 5 saturated carbocycles. The molecule has 1 N–H and O–H groups in total. The highest BCUT2D eigenvalue weighted by atomic mass is 32.2. The first-order chi connectivity index (χ1) is 13.0. The van der Waals surface area contributed by atoms with E-state index in [9.17, 15) is 10.1 Å². The van der Waals surface area contributed by atoms with E-state index in [0.717, 1.165) is 36.5 Å². The van der Waals surface area contributed by atoms with Gasteiger partial charge in [0, 0.05) is 5.41 Å². The van der Waals surface area contributed by atoms with Crippen molar-refractivity contribution in [2.24, 2.45) is 23.7 Å². The predicted octanol–water partition coefficient (Wildman–Crippen LogP) is 3.44. The summed E-state index contributed by atoms with van der Waals surface area (Å²) in [7, 11) is 0. The Labute approximate surface area is 163 Å². The number of hydrogen-bond donors (Lipinski definition) is 1. The molecule has 0 aliphatic heterocycles. The summed E-state index contributed by atoms with van der Waals surface area (Å²) in [4.78, 5) is 12.3. The molecule has 0 aromatic carbocycles. The first-order valence-electron chi connectivity index (χ1n) is 10.2. The van der Waals surface area contributed by atoms with E-state index in [1.165, 1.54) is 50.3 Å².